The Morgan fingerprint density at radius 2 is 2.19 bits per heavy atom. The summed E-state index contributed by atoms with van der Waals surface area (Å²) in [4.78, 5) is 24.7. The normalized spacial score (nSPS) is 11.5. The summed E-state index contributed by atoms with van der Waals surface area (Å²) in [5.74, 6) is -0.603. The quantitative estimate of drug-likeness (QED) is 0.208. The Morgan fingerprint density at radius 3 is 2.81 bits per heavy atom. The molecule has 0 heterocycles. The number of carbonyl (C=O) groups is 2. The van der Waals surface area contributed by atoms with E-state index in [1.807, 2.05) is 6.92 Å². The topological polar surface area (TPSA) is 107 Å². The zero-order chi connectivity index (χ0) is 16.1. The molecule has 0 bridgehead atoms. The molecular weight excluding hydrogens is 270 g/mol. The first-order valence-corrected chi connectivity index (χ1v) is 6.85. The van der Waals surface area contributed by atoms with Crippen LogP contribution in [-0.2, 0) is 9.59 Å². The van der Waals surface area contributed by atoms with Gasteiger partial charge in [-0.2, -0.15) is 9.89 Å². The molecule has 0 fully saturated rings. The standard InChI is InChI=1S/C14H23N5O2/c1-11(2)5-4-6-12(3)7-8-18-19-14(21)9-16-13(20)10-17-15/h8,10,12H,1,4-7,9H2,2-3H3,(H,16,20)(H,19,21)/b18-8+/t12-/m1/s1. The number of nitrogens with one attached hydrogen (secondary N) is 2. The van der Waals surface area contributed by atoms with Crippen molar-refractivity contribution in [1.29, 1.82) is 0 Å². The monoisotopic (exact) mass is 293 g/mol. The van der Waals surface area contributed by atoms with Gasteiger partial charge in [0.1, 0.15) is 0 Å². The van der Waals surface area contributed by atoms with Crippen molar-refractivity contribution in [3.8, 4) is 0 Å². The first kappa shape index (κ1) is 18.7. The van der Waals surface area contributed by atoms with Gasteiger partial charge in [-0.05, 0) is 32.1 Å². The van der Waals surface area contributed by atoms with Crippen LogP contribution in [0.3, 0.4) is 0 Å². The minimum absolute atomic E-state index is 0.226. The van der Waals surface area contributed by atoms with Crippen LogP contribution in [0.15, 0.2) is 17.3 Å². The Morgan fingerprint density at radius 1 is 1.48 bits per heavy atom. The number of rotatable bonds is 10. The second kappa shape index (κ2) is 11.5. The molecule has 0 aromatic heterocycles. The van der Waals surface area contributed by atoms with E-state index in [1.165, 1.54) is 5.57 Å². The van der Waals surface area contributed by atoms with Crippen LogP contribution >= 0.6 is 0 Å². The molecule has 0 aromatic rings. The van der Waals surface area contributed by atoms with Crippen molar-refractivity contribution in [2.45, 2.75) is 39.5 Å². The highest BCUT2D eigenvalue weighted by Gasteiger charge is 2.05. The van der Waals surface area contributed by atoms with Crippen LogP contribution in [0, 0.1) is 5.92 Å². The number of hydrogen-bond donors (Lipinski definition) is 2. The minimum Gasteiger partial charge on any atom is -0.361 e. The summed E-state index contributed by atoms with van der Waals surface area (Å²) in [6.07, 6.45) is 6.33. The molecule has 0 unspecified atom stereocenters. The van der Waals surface area contributed by atoms with Gasteiger partial charge in [0.15, 0.2) is 0 Å². The van der Waals surface area contributed by atoms with Gasteiger partial charge >= 0.3 is 12.1 Å². The molecule has 116 valence electrons. The van der Waals surface area contributed by atoms with Crippen LogP contribution in [0.5, 0.6) is 0 Å². The summed E-state index contributed by atoms with van der Waals surface area (Å²) in [6.45, 7) is 7.78. The van der Waals surface area contributed by atoms with E-state index in [2.05, 4.69) is 34.1 Å². The maximum absolute atomic E-state index is 11.3. The molecule has 0 spiro atoms. The predicted molar refractivity (Wildman–Crippen MR) is 81.8 cm³/mol. The molecule has 2 N–H and O–H groups in total. The fourth-order valence-corrected chi connectivity index (χ4v) is 1.53. The lowest BCUT2D eigenvalue weighted by molar-refractivity contribution is -0.124. The minimum atomic E-state index is -0.650. The van der Waals surface area contributed by atoms with Crippen molar-refractivity contribution < 1.29 is 14.4 Å². The van der Waals surface area contributed by atoms with E-state index in [1.54, 1.807) is 6.21 Å². The number of allylic oxidation sites excluding steroid dienone is 1. The lowest BCUT2D eigenvalue weighted by atomic mass is 10.00. The molecule has 0 aliphatic carbocycles. The fourth-order valence-electron chi connectivity index (χ4n) is 1.53. The summed E-state index contributed by atoms with van der Waals surface area (Å²) in [7, 11) is 0. The summed E-state index contributed by atoms with van der Waals surface area (Å²) in [6, 6.07) is 0. The van der Waals surface area contributed by atoms with Crippen LogP contribution in [-0.4, -0.2) is 35.6 Å². The van der Waals surface area contributed by atoms with Gasteiger partial charge in [0.25, 0.3) is 5.91 Å². The van der Waals surface area contributed by atoms with Gasteiger partial charge in [-0.3, -0.25) is 9.59 Å². The van der Waals surface area contributed by atoms with Crippen molar-refractivity contribution in [2.24, 2.45) is 11.0 Å². The Hall–Kier alpha value is -2.27. The van der Waals surface area contributed by atoms with Gasteiger partial charge in [0.2, 0.25) is 0 Å². The maximum atomic E-state index is 11.3. The fraction of sp³-hybridized carbons (Fsp3) is 0.571. The number of hydrogen-bond acceptors (Lipinski definition) is 3. The SMILES string of the molecule is C=C(C)CCC[C@@H](C)C/C=N/NC(=O)CNC(=O)C=[N+]=[N-]. The van der Waals surface area contributed by atoms with Crippen molar-refractivity contribution >= 4 is 24.2 Å². The Kier molecular flexibility index (Phi) is 10.3. The van der Waals surface area contributed by atoms with Crippen molar-refractivity contribution in [3.05, 3.63) is 17.7 Å². The highest BCUT2D eigenvalue weighted by molar-refractivity contribution is 6.24. The molecule has 1 atom stereocenters. The lowest BCUT2D eigenvalue weighted by Gasteiger charge is -2.07. The van der Waals surface area contributed by atoms with Crippen molar-refractivity contribution in [3.63, 3.8) is 0 Å². The number of nitrogens with zero attached hydrogens (tertiary/aromatic N) is 3. The van der Waals surface area contributed by atoms with Gasteiger partial charge in [-0.1, -0.05) is 18.9 Å². The van der Waals surface area contributed by atoms with E-state index in [0.717, 1.165) is 25.7 Å². The third-order valence-electron chi connectivity index (χ3n) is 2.69. The van der Waals surface area contributed by atoms with Crippen LogP contribution in [0.1, 0.15) is 39.5 Å². The van der Waals surface area contributed by atoms with Crippen molar-refractivity contribution in [1.82, 2.24) is 10.7 Å². The molecule has 0 aromatic carbocycles. The molecule has 0 saturated carbocycles. The molecule has 21 heavy (non-hydrogen) atoms. The third kappa shape index (κ3) is 12.5. The van der Waals surface area contributed by atoms with Gasteiger partial charge in [-0.25, -0.2) is 5.43 Å². The zero-order valence-electron chi connectivity index (χ0n) is 12.6. The number of hydrazone groups is 1. The first-order valence-electron chi connectivity index (χ1n) is 6.85. The Balaban J connectivity index is 3.74. The Labute approximate surface area is 125 Å². The highest BCUT2D eigenvalue weighted by atomic mass is 16.2. The van der Waals surface area contributed by atoms with Gasteiger partial charge in [-0.15, -0.1) is 6.58 Å². The second-order valence-electron chi connectivity index (χ2n) is 5.00. The molecule has 7 nitrogen and oxygen atoms in total. The highest BCUT2D eigenvalue weighted by Crippen LogP contribution is 2.12. The van der Waals surface area contributed by atoms with Gasteiger partial charge in [0, 0.05) is 6.21 Å². The molecule has 0 radical (unpaired) electrons. The first-order chi connectivity index (χ1) is 9.95. The zero-order valence-corrected chi connectivity index (χ0v) is 12.6. The van der Waals surface area contributed by atoms with E-state index >= 15 is 0 Å². The van der Waals surface area contributed by atoms with E-state index in [0.29, 0.717) is 12.1 Å². The van der Waals surface area contributed by atoms with Crippen LogP contribution < -0.4 is 10.7 Å². The average molecular weight is 293 g/mol. The predicted octanol–water partition coefficient (Wildman–Crippen LogP) is 1.28. The van der Waals surface area contributed by atoms with E-state index in [-0.39, 0.29) is 6.54 Å². The average Bonchev–Trinajstić information content (AvgIpc) is 2.41. The van der Waals surface area contributed by atoms with Crippen LogP contribution in [0.2, 0.25) is 0 Å². The molecular formula is C14H23N5O2. The summed E-state index contributed by atoms with van der Waals surface area (Å²) in [5.41, 5.74) is 11.6. The molecule has 0 aliphatic heterocycles. The largest absolute Gasteiger partial charge is 0.361 e. The van der Waals surface area contributed by atoms with Crippen LogP contribution in [0.25, 0.3) is 5.53 Å². The maximum Gasteiger partial charge on any atom is 0.344 e. The molecule has 0 aliphatic rings. The summed E-state index contributed by atoms with van der Waals surface area (Å²) >= 11 is 0. The molecule has 2 amide bonds. The van der Waals surface area contributed by atoms with E-state index in [9.17, 15) is 9.59 Å². The van der Waals surface area contributed by atoms with Gasteiger partial charge < -0.3 is 10.8 Å². The van der Waals surface area contributed by atoms with Crippen LogP contribution in [0.4, 0.5) is 0 Å². The number of amides is 2. The smallest absolute Gasteiger partial charge is 0.344 e. The van der Waals surface area contributed by atoms with Gasteiger partial charge in [0.05, 0.1) is 6.54 Å². The lowest BCUT2D eigenvalue weighted by Crippen LogP contribution is -2.35. The van der Waals surface area contributed by atoms with Crippen molar-refractivity contribution in [2.75, 3.05) is 6.54 Å². The van der Waals surface area contributed by atoms with E-state index in [4.69, 9.17) is 5.53 Å². The van der Waals surface area contributed by atoms with E-state index < -0.39 is 11.8 Å². The Bertz CT molecular complexity index is 439. The summed E-state index contributed by atoms with van der Waals surface area (Å²) in [5, 5.41) is 6.03. The summed E-state index contributed by atoms with van der Waals surface area (Å²) < 4.78 is 0. The molecule has 0 rings (SSSR count). The second-order valence-corrected chi connectivity index (χ2v) is 5.00. The molecule has 7 heteroatoms. The number of carbonyl (C=O) groups excluding carboxylic acids is 2. The third-order valence-corrected chi connectivity index (χ3v) is 2.69. The molecule has 0 saturated heterocycles.